The summed E-state index contributed by atoms with van der Waals surface area (Å²) in [7, 11) is 0. The minimum Gasteiger partial charge on any atom is -0.345 e. The van der Waals surface area contributed by atoms with Gasteiger partial charge in [0.05, 0.1) is 12.0 Å². The third-order valence-electron chi connectivity index (χ3n) is 6.78. The molecule has 1 fully saturated rings. The first-order chi connectivity index (χ1) is 13.9. The molecular weight excluding hydrogens is 394 g/mol. The number of carbonyl (C=O) groups excluding carboxylic acids is 2. The van der Waals surface area contributed by atoms with E-state index in [0.29, 0.717) is 12.8 Å². The van der Waals surface area contributed by atoms with Gasteiger partial charge in [0, 0.05) is 23.2 Å². The lowest BCUT2D eigenvalue weighted by atomic mass is 9.65. The molecule has 1 aliphatic rings. The smallest absolute Gasteiger partial charge is 0.253 e. The highest BCUT2D eigenvalue weighted by molar-refractivity contribution is 7.04. The summed E-state index contributed by atoms with van der Waals surface area (Å²) in [6, 6.07) is 0. The van der Waals surface area contributed by atoms with Crippen molar-refractivity contribution in [2.75, 3.05) is 6.54 Å². The van der Waals surface area contributed by atoms with Gasteiger partial charge in [-0.05, 0) is 63.4 Å². The summed E-state index contributed by atoms with van der Waals surface area (Å²) in [6.45, 7) is 14.8. The highest BCUT2D eigenvalue weighted by Crippen LogP contribution is 2.56. The number of amides is 2. The van der Waals surface area contributed by atoms with E-state index in [9.17, 15) is 9.59 Å². The summed E-state index contributed by atoms with van der Waals surface area (Å²) in [5, 5.41) is 2.79. The molecule has 166 valence electrons. The highest BCUT2D eigenvalue weighted by Gasteiger charge is 2.58. The second-order valence-electron chi connectivity index (χ2n) is 10.1. The molecule has 1 N–H and O–H groups in total. The molecule has 1 saturated carbocycles. The van der Waals surface area contributed by atoms with Gasteiger partial charge < -0.3 is 5.32 Å². The maximum atomic E-state index is 13.5. The number of unbranched alkanes of at least 4 members (excludes halogenated alkanes) is 1. The largest absolute Gasteiger partial charge is 0.345 e. The topological polar surface area (TPSA) is 63.5 Å². The molecule has 0 saturated heterocycles. The number of hydrogen-bond donors (Lipinski definition) is 1. The number of aryl methyl sites for hydroxylation is 1. The molecule has 0 bridgehead atoms. The Kier molecular flexibility index (Phi) is 7.40. The van der Waals surface area contributed by atoms with Crippen LogP contribution in [0.25, 0.3) is 0 Å². The van der Waals surface area contributed by atoms with E-state index in [2.05, 4.69) is 54.1 Å². The maximum Gasteiger partial charge on any atom is 0.253 e. The molecule has 1 aromatic heterocycles. The van der Waals surface area contributed by atoms with Gasteiger partial charge in [0.2, 0.25) is 5.91 Å². The van der Waals surface area contributed by atoms with Crippen LogP contribution in [0.15, 0.2) is 11.2 Å². The van der Waals surface area contributed by atoms with Gasteiger partial charge >= 0.3 is 0 Å². The van der Waals surface area contributed by atoms with Crippen molar-refractivity contribution in [1.29, 1.82) is 0 Å². The minimum atomic E-state index is -0.691. The molecule has 0 radical (unpaired) electrons. The van der Waals surface area contributed by atoms with Crippen molar-refractivity contribution in [1.82, 2.24) is 9.27 Å². The van der Waals surface area contributed by atoms with E-state index in [1.54, 1.807) is 11.5 Å². The van der Waals surface area contributed by atoms with E-state index in [-0.39, 0.29) is 29.8 Å². The van der Waals surface area contributed by atoms with Crippen LogP contribution < -0.4 is 9.99 Å². The number of hydrogen-bond acceptors (Lipinski definition) is 3. The minimum absolute atomic E-state index is 0.0564. The molecular formula is C24H37N3O2S. The summed E-state index contributed by atoms with van der Waals surface area (Å²) in [5.74, 6) is 2.00. The molecule has 0 aliphatic heterocycles. The predicted octanol–water partition coefficient (Wildman–Crippen LogP) is 4.27. The predicted molar refractivity (Wildman–Crippen MR) is 123 cm³/mol. The zero-order valence-corrected chi connectivity index (χ0v) is 20.4. The Bertz CT molecular complexity index is 895. The van der Waals surface area contributed by atoms with Crippen LogP contribution in [0.3, 0.4) is 0 Å². The van der Waals surface area contributed by atoms with Gasteiger partial charge in [-0.15, -0.1) is 6.42 Å². The first-order valence-corrected chi connectivity index (χ1v) is 11.7. The molecule has 0 spiro atoms. The Balaban J connectivity index is 2.40. The highest BCUT2D eigenvalue weighted by atomic mass is 32.1. The third kappa shape index (κ3) is 4.72. The van der Waals surface area contributed by atoms with E-state index >= 15 is 0 Å². The Morgan fingerprint density at radius 1 is 1.37 bits per heavy atom. The second kappa shape index (κ2) is 9.09. The van der Waals surface area contributed by atoms with Crippen LogP contribution in [0, 0.1) is 29.1 Å². The first kappa shape index (κ1) is 24.4. The van der Waals surface area contributed by atoms with Gasteiger partial charge in [-0.1, -0.05) is 40.0 Å². The van der Waals surface area contributed by atoms with Crippen molar-refractivity contribution in [3.63, 3.8) is 0 Å². The zero-order chi connectivity index (χ0) is 22.7. The van der Waals surface area contributed by atoms with E-state index in [1.807, 2.05) is 20.8 Å². The fourth-order valence-corrected chi connectivity index (χ4v) is 5.19. The van der Waals surface area contributed by atoms with Gasteiger partial charge in [-0.2, -0.15) is 0 Å². The lowest BCUT2D eigenvalue weighted by Gasteiger charge is -2.38. The molecule has 5 nitrogen and oxygen atoms in total. The number of nitrogens with one attached hydrogen (secondary N) is 1. The standard InChI is InChI=1S/C24H37N3O2S/c1-9-11-12-17-16-27(22(3,4)5)30-20(17)26-21(29)24(8)14-13-18(23(24,6)7)19(28)25-15-10-2/h2,16,18H,9,11-15H2,1,3-8H3,(H,25,28)/b26-20-/t18-,24+/m0/s1. The van der Waals surface area contributed by atoms with E-state index in [4.69, 9.17) is 6.42 Å². The molecule has 2 atom stereocenters. The molecule has 0 unspecified atom stereocenters. The van der Waals surface area contributed by atoms with Gasteiger partial charge in [0.1, 0.15) is 4.67 Å². The lowest BCUT2D eigenvalue weighted by molar-refractivity contribution is -0.136. The number of nitrogens with zero attached hydrogens (tertiary/aromatic N) is 2. The summed E-state index contributed by atoms with van der Waals surface area (Å²) in [5.41, 5.74) is -0.122. The Labute approximate surface area is 185 Å². The average Bonchev–Trinajstić information content (AvgIpc) is 3.17. The van der Waals surface area contributed by atoms with Crippen LogP contribution in [0.1, 0.15) is 79.7 Å². The normalized spacial score (nSPS) is 23.9. The van der Waals surface area contributed by atoms with Crippen molar-refractivity contribution >= 4 is 23.3 Å². The van der Waals surface area contributed by atoms with Crippen molar-refractivity contribution in [3.05, 3.63) is 16.4 Å². The lowest BCUT2D eigenvalue weighted by Crippen LogP contribution is -2.45. The van der Waals surface area contributed by atoms with Gasteiger partial charge in [0.15, 0.2) is 0 Å². The Morgan fingerprint density at radius 3 is 2.60 bits per heavy atom. The van der Waals surface area contributed by atoms with Crippen molar-refractivity contribution < 1.29 is 9.59 Å². The summed E-state index contributed by atoms with van der Waals surface area (Å²) in [6.07, 6.45) is 11.8. The average molecular weight is 432 g/mol. The van der Waals surface area contributed by atoms with Crippen LogP contribution in [-0.2, 0) is 21.5 Å². The van der Waals surface area contributed by atoms with Crippen LogP contribution in [0.5, 0.6) is 0 Å². The third-order valence-corrected chi connectivity index (χ3v) is 8.15. The number of carbonyl (C=O) groups is 2. The molecule has 2 rings (SSSR count). The SMILES string of the molecule is C#CCNC(=O)[C@@H]1CC[C@](C)(C(=O)/N=c2\sn(C(C)(C)C)cc2CCCC)C1(C)C. The maximum absolute atomic E-state index is 13.5. The molecule has 1 aliphatic carbocycles. The van der Waals surface area contributed by atoms with Gasteiger partial charge in [-0.3, -0.25) is 13.5 Å². The zero-order valence-electron chi connectivity index (χ0n) is 19.6. The quantitative estimate of drug-likeness (QED) is 0.684. The van der Waals surface area contributed by atoms with Crippen LogP contribution in [0.4, 0.5) is 0 Å². The number of terminal acetylenes is 1. The molecule has 30 heavy (non-hydrogen) atoms. The Hall–Kier alpha value is -1.87. The fourth-order valence-electron chi connectivity index (χ4n) is 4.16. The van der Waals surface area contributed by atoms with Crippen LogP contribution in [-0.4, -0.2) is 22.3 Å². The van der Waals surface area contributed by atoms with E-state index in [0.717, 1.165) is 29.5 Å². The van der Waals surface area contributed by atoms with E-state index < -0.39 is 10.8 Å². The fraction of sp³-hybridized carbons (Fsp3) is 0.708. The van der Waals surface area contributed by atoms with Gasteiger partial charge in [0.25, 0.3) is 5.91 Å². The summed E-state index contributed by atoms with van der Waals surface area (Å²) in [4.78, 5) is 30.8. The molecule has 1 aromatic rings. The van der Waals surface area contributed by atoms with Gasteiger partial charge in [-0.25, -0.2) is 4.99 Å². The molecule has 0 aromatic carbocycles. The second-order valence-corrected chi connectivity index (χ2v) is 11.1. The first-order valence-electron chi connectivity index (χ1n) is 10.9. The van der Waals surface area contributed by atoms with Crippen LogP contribution in [0.2, 0.25) is 0 Å². The Morgan fingerprint density at radius 2 is 2.03 bits per heavy atom. The molecule has 6 heteroatoms. The monoisotopic (exact) mass is 431 g/mol. The summed E-state index contributed by atoms with van der Waals surface area (Å²) >= 11 is 1.55. The van der Waals surface area contributed by atoms with E-state index in [1.165, 1.54) is 0 Å². The van der Waals surface area contributed by atoms with Crippen LogP contribution >= 0.6 is 11.5 Å². The van der Waals surface area contributed by atoms with Crippen molar-refractivity contribution in [2.45, 2.75) is 86.1 Å². The molecule has 1 heterocycles. The number of rotatable bonds is 6. The van der Waals surface area contributed by atoms with Crippen molar-refractivity contribution in [3.8, 4) is 12.3 Å². The summed E-state index contributed by atoms with van der Waals surface area (Å²) < 4.78 is 2.99. The molecule has 2 amide bonds. The van der Waals surface area contributed by atoms with Crippen molar-refractivity contribution in [2.24, 2.45) is 21.7 Å². The number of aromatic nitrogens is 1.